The molecule has 3 N–H and O–H groups in total. The summed E-state index contributed by atoms with van der Waals surface area (Å²) >= 11 is 1.25. The third-order valence-corrected chi connectivity index (χ3v) is 8.43. The minimum atomic E-state index is -5.08. The molecule has 2 aliphatic rings. The number of hydrogen-bond acceptors (Lipinski definition) is 8. The highest BCUT2D eigenvalue weighted by molar-refractivity contribution is 7.98. The first-order valence-electron chi connectivity index (χ1n) is 14.7. The van der Waals surface area contributed by atoms with E-state index >= 15 is 4.39 Å². The van der Waals surface area contributed by atoms with Gasteiger partial charge in [-0.1, -0.05) is 0 Å². The van der Waals surface area contributed by atoms with Gasteiger partial charge in [-0.3, -0.25) is 4.98 Å². The van der Waals surface area contributed by atoms with E-state index in [-0.39, 0.29) is 16.8 Å². The molecule has 0 bridgehead atoms. The van der Waals surface area contributed by atoms with Crippen LogP contribution in [0.15, 0.2) is 67.1 Å². The van der Waals surface area contributed by atoms with Crippen LogP contribution in [0.4, 0.5) is 37.7 Å². The first-order valence-corrected chi connectivity index (χ1v) is 15.4. The van der Waals surface area contributed by atoms with Gasteiger partial charge in [0.2, 0.25) is 0 Å². The van der Waals surface area contributed by atoms with Crippen LogP contribution >= 0.6 is 12.1 Å². The highest BCUT2D eigenvalue weighted by Gasteiger charge is 2.38. The van der Waals surface area contributed by atoms with Crippen molar-refractivity contribution in [2.75, 3.05) is 48.9 Å². The Morgan fingerprint density at radius 1 is 0.936 bits per heavy atom. The van der Waals surface area contributed by atoms with Gasteiger partial charge in [0.15, 0.2) is 5.82 Å². The van der Waals surface area contributed by atoms with Crippen molar-refractivity contribution in [2.24, 2.45) is 0 Å². The number of pyridine rings is 1. The Morgan fingerprint density at radius 3 is 2.15 bits per heavy atom. The molecule has 0 unspecified atom stereocenters. The quantitative estimate of drug-likeness (QED) is 0.137. The molecule has 2 aromatic heterocycles. The van der Waals surface area contributed by atoms with Gasteiger partial charge < -0.3 is 20.0 Å². The largest absolute Gasteiger partial charge is 0.490 e. The van der Waals surface area contributed by atoms with Crippen molar-refractivity contribution in [3.05, 3.63) is 78.5 Å². The SMILES string of the molecule is Fc1c(NSN2CCCC2)cc(C(F)F)cc1-c1cn(-c2ccc(N3CCNCC3)cc2)nc1-c1ccncc1.O=C(O)C(F)(F)F. The number of hydrogen-bond donors (Lipinski definition) is 3. The van der Waals surface area contributed by atoms with Crippen LogP contribution in [-0.2, 0) is 4.79 Å². The summed E-state index contributed by atoms with van der Waals surface area (Å²) in [6.45, 7) is 5.49. The summed E-state index contributed by atoms with van der Waals surface area (Å²) in [6, 6.07) is 14.0. The summed E-state index contributed by atoms with van der Waals surface area (Å²) in [6.07, 6.45) is -0.749. The Hall–Kier alpha value is -4.28. The number of alkyl halides is 5. The minimum absolute atomic E-state index is 0.0264. The van der Waals surface area contributed by atoms with Crippen molar-refractivity contribution in [3.8, 4) is 28.1 Å². The van der Waals surface area contributed by atoms with Crippen molar-refractivity contribution in [2.45, 2.75) is 25.4 Å². The van der Waals surface area contributed by atoms with Crippen molar-refractivity contribution < 1.29 is 36.2 Å². The van der Waals surface area contributed by atoms with E-state index in [4.69, 9.17) is 15.0 Å². The number of anilines is 2. The van der Waals surface area contributed by atoms with Gasteiger partial charge in [-0.2, -0.15) is 18.3 Å². The maximum Gasteiger partial charge on any atom is 0.490 e. The average molecular weight is 680 g/mol. The van der Waals surface area contributed by atoms with Crippen molar-refractivity contribution in [3.63, 3.8) is 0 Å². The summed E-state index contributed by atoms with van der Waals surface area (Å²) in [5.41, 5.74) is 3.36. The molecule has 4 heterocycles. The zero-order chi connectivity index (χ0) is 33.6. The number of nitrogens with zero attached hydrogens (tertiary/aromatic N) is 5. The lowest BCUT2D eigenvalue weighted by atomic mass is 9.99. The fraction of sp³-hybridized carbons (Fsp3) is 0.323. The molecule has 2 aliphatic heterocycles. The standard InChI is InChI=1S/C29H30F3N7S.C2HF3O2/c30-27-24(17-21(29(31)32)18-26(27)36-40-38-13-1-2-14-38)25-19-39(35-28(25)20-7-9-33-10-8-20)23-5-3-22(4-6-23)37-15-11-34-12-16-37;3-2(4,5)1(6)7/h3-10,17-19,29,34,36H,1-2,11-16H2;(H,6,7). The smallest absolute Gasteiger partial charge is 0.475 e. The Morgan fingerprint density at radius 2 is 1.55 bits per heavy atom. The fourth-order valence-corrected chi connectivity index (χ4v) is 5.92. The third-order valence-electron chi connectivity index (χ3n) is 7.49. The van der Waals surface area contributed by atoms with Gasteiger partial charge in [0, 0.05) is 97.9 Å². The van der Waals surface area contributed by atoms with E-state index in [1.807, 2.05) is 24.3 Å². The van der Waals surface area contributed by atoms with Gasteiger partial charge in [-0.05, 0) is 61.4 Å². The van der Waals surface area contributed by atoms with Crippen LogP contribution in [-0.4, -0.2) is 75.6 Å². The van der Waals surface area contributed by atoms with Gasteiger partial charge in [-0.25, -0.2) is 27.0 Å². The molecule has 0 spiro atoms. The number of aromatic nitrogens is 3. The number of carboxylic acids is 1. The molecular weight excluding hydrogens is 648 g/mol. The minimum Gasteiger partial charge on any atom is -0.475 e. The third kappa shape index (κ3) is 8.55. The molecule has 2 aromatic carbocycles. The molecule has 0 amide bonds. The van der Waals surface area contributed by atoms with E-state index < -0.39 is 24.4 Å². The number of nitrogens with one attached hydrogen (secondary N) is 2. The normalized spacial score (nSPS) is 15.4. The lowest BCUT2D eigenvalue weighted by molar-refractivity contribution is -0.192. The second-order valence-corrected chi connectivity index (χ2v) is 11.6. The second kappa shape index (κ2) is 15.1. The van der Waals surface area contributed by atoms with Crippen LogP contribution in [0.5, 0.6) is 0 Å². The summed E-state index contributed by atoms with van der Waals surface area (Å²) < 4.78 is 82.5. The van der Waals surface area contributed by atoms with E-state index in [2.05, 4.69) is 24.2 Å². The van der Waals surface area contributed by atoms with Gasteiger partial charge in [0.05, 0.1) is 11.4 Å². The number of benzene rings is 2. The average Bonchev–Trinajstić information content (AvgIpc) is 3.76. The molecule has 0 aliphatic carbocycles. The second-order valence-electron chi connectivity index (χ2n) is 10.7. The van der Waals surface area contributed by atoms with Crippen LogP contribution in [0.3, 0.4) is 0 Å². The van der Waals surface area contributed by atoms with Crippen LogP contribution in [0.2, 0.25) is 0 Å². The molecule has 6 rings (SSSR count). The van der Waals surface area contributed by atoms with Crippen molar-refractivity contribution in [1.29, 1.82) is 0 Å². The molecule has 0 saturated carbocycles. The van der Waals surface area contributed by atoms with E-state index in [9.17, 15) is 22.0 Å². The highest BCUT2D eigenvalue weighted by Crippen LogP contribution is 2.39. The van der Waals surface area contributed by atoms with Crippen molar-refractivity contribution >= 4 is 29.5 Å². The molecule has 0 radical (unpaired) electrons. The predicted molar refractivity (Wildman–Crippen MR) is 168 cm³/mol. The van der Waals surface area contributed by atoms with Crippen LogP contribution in [0.1, 0.15) is 24.8 Å². The summed E-state index contributed by atoms with van der Waals surface area (Å²) in [5.74, 6) is -3.35. The maximum atomic E-state index is 16.0. The zero-order valence-electron chi connectivity index (χ0n) is 24.9. The lowest BCUT2D eigenvalue weighted by Crippen LogP contribution is -2.43. The topological polar surface area (TPSA) is 98.5 Å². The lowest BCUT2D eigenvalue weighted by Gasteiger charge is -2.29. The van der Waals surface area contributed by atoms with E-state index in [1.165, 1.54) is 24.3 Å². The number of piperazine rings is 1. The van der Waals surface area contributed by atoms with Gasteiger partial charge >= 0.3 is 12.1 Å². The van der Waals surface area contributed by atoms with Crippen LogP contribution in [0, 0.1) is 5.82 Å². The molecule has 2 saturated heterocycles. The fourth-order valence-electron chi connectivity index (χ4n) is 5.10. The summed E-state index contributed by atoms with van der Waals surface area (Å²) in [7, 11) is 0. The number of rotatable bonds is 8. The van der Waals surface area contributed by atoms with Gasteiger partial charge in [-0.15, -0.1) is 0 Å². The summed E-state index contributed by atoms with van der Waals surface area (Å²) in [5, 5.41) is 15.3. The van der Waals surface area contributed by atoms with E-state index in [0.717, 1.165) is 63.5 Å². The highest BCUT2D eigenvalue weighted by atomic mass is 32.2. The van der Waals surface area contributed by atoms with E-state index in [0.29, 0.717) is 16.8 Å². The molecule has 16 heteroatoms. The number of halogens is 6. The Balaban J connectivity index is 0.000000559. The maximum absolute atomic E-state index is 16.0. The predicted octanol–water partition coefficient (Wildman–Crippen LogP) is 6.79. The molecule has 4 aromatic rings. The molecule has 250 valence electrons. The number of aliphatic carboxylic acids is 1. The molecular formula is C31H31F6N7O2S. The first kappa shape index (κ1) is 34.1. The molecule has 2 fully saturated rings. The van der Waals surface area contributed by atoms with Gasteiger partial charge in [0.1, 0.15) is 5.69 Å². The first-order chi connectivity index (χ1) is 22.5. The Labute approximate surface area is 270 Å². The van der Waals surface area contributed by atoms with Gasteiger partial charge in [0.25, 0.3) is 6.43 Å². The molecule has 9 nitrogen and oxygen atoms in total. The molecule has 47 heavy (non-hydrogen) atoms. The number of carboxylic acid groups (broad SMARTS) is 1. The Bertz CT molecular complexity index is 1640. The monoisotopic (exact) mass is 679 g/mol. The Kier molecular flexibility index (Phi) is 10.9. The van der Waals surface area contributed by atoms with Crippen LogP contribution < -0.4 is 14.9 Å². The summed E-state index contributed by atoms with van der Waals surface area (Å²) in [4.78, 5) is 15.3. The molecule has 0 atom stereocenters. The number of carbonyl (C=O) groups is 1. The van der Waals surface area contributed by atoms with Crippen LogP contribution in [0.25, 0.3) is 28.1 Å². The van der Waals surface area contributed by atoms with E-state index in [1.54, 1.807) is 35.4 Å². The van der Waals surface area contributed by atoms with Crippen molar-refractivity contribution in [1.82, 2.24) is 24.4 Å². The zero-order valence-corrected chi connectivity index (χ0v) is 25.7.